The van der Waals surface area contributed by atoms with Gasteiger partial charge in [-0.25, -0.2) is 0 Å². The van der Waals surface area contributed by atoms with E-state index in [2.05, 4.69) is 0 Å². The highest BCUT2D eigenvalue weighted by atomic mass is 32.1. The van der Waals surface area contributed by atoms with E-state index < -0.39 is 58.0 Å². The zero-order valence-electron chi connectivity index (χ0n) is 19.0. The van der Waals surface area contributed by atoms with E-state index in [0.29, 0.717) is 5.56 Å². The van der Waals surface area contributed by atoms with Crippen molar-refractivity contribution >= 4 is 28.8 Å². The van der Waals surface area contributed by atoms with Crippen LogP contribution in [0, 0.1) is 11.8 Å². The minimum absolute atomic E-state index is 0.0108. The lowest BCUT2D eigenvalue weighted by Crippen LogP contribution is -2.63. The van der Waals surface area contributed by atoms with Gasteiger partial charge in [-0.1, -0.05) is 6.07 Å². The molecule has 1 heterocycles. The van der Waals surface area contributed by atoms with Crippen LogP contribution in [0.3, 0.4) is 0 Å². The fourth-order valence-electron chi connectivity index (χ4n) is 5.91. The smallest absolute Gasteiger partial charge is 0.255 e. The zero-order valence-corrected chi connectivity index (χ0v) is 19.8. The van der Waals surface area contributed by atoms with Gasteiger partial charge in [0.2, 0.25) is 5.78 Å². The Kier molecular flexibility index (Phi) is 5.17. The molecule has 0 aliphatic heterocycles. The van der Waals surface area contributed by atoms with Crippen molar-refractivity contribution in [2.75, 3.05) is 14.1 Å². The van der Waals surface area contributed by atoms with Gasteiger partial charge in [0.15, 0.2) is 11.4 Å². The average Bonchev–Trinajstić information content (AvgIpc) is 3.30. The van der Waals surface area contributed by atoms with Crippen LogP contribution in [0.25, 0.3) is 10.4 Å². The molecule has 0 bridgehead atoms. The number of nitrogens with zero attached hydrogens (tertiary/aromatic N) is 1. The molecule has 0 unspecified atom stereocenters. The summed E-state index contributed by atoms with van der Waals surface area (Å²) in [6, 6.07) is 5.91. The quantitative estimate of drug-likeness (QED) is 0.402. The summed E-state index contributed by atoms with van der Waals surface area (Å²) < 4.78 is 0. The molecule has 0 saturated carbocycles. The van der Waals surface area contributed by atoms with E-state index in [9.17, 15) is 34.8 Å². The number of hydrogen-bond donors (Lipinski definition) is 5. The van der Waals surface area contributed by atoms with E-state index in [0.717, 1.165) is 10.4 Å². The maximum atomic E-state index is 13.7. The van der Waals surface area contributed by atoms with Crippen LogP contribution >= 0.6 is 11.3 Å². The number of fused-ring (bicyclic) bond motifs is 3. The van der Waals surface area contributed by atoms with Gasteiger partial charge in [0.1, 0.15) is 22.8 Å². The Morgan fingerprint density at radius 1 is 1.17 bits per heavy atom. The van der Waals surface area contributed by atoms with E-state index in [1.54, 1.807) is 20.2 Å². The molecule has 0 radical (unpaired) electrons. The van der Waals surface area contributed by atoms with E-state index >= 15 is 0 Å². The predicted molar refractivity (Wildman–Crippen MR) is 127 cm³/mol. The number of ketones is 2. The number of aliphatic hydroxyl groups is 3. The van der Waals surface area contributed by atoms with Crippen LogP contribution in [0.15, 0.2) is 52.3 Å². The molecule has 0 saturated heterocycles. The average molecular weight is 497 g/mol. The molecule has 2 aromatic rings. The van der Waals surface area contributed by atoms with Gasteiger partial charge in [0, 0.05) is 16.4 Å². The Bertz CT molecular complexity index is 1360. The highest BCUT2D eigenvalue weighted by molar-refractivity contribution is 7.13. The summed E-state index contributed by atoms with van der Waals surface area (Å²) >= 11 is 1.48. The number of primary amides is 1. The zero-order chi connectivity index (χ0) is 25.4. The number of aromatic hydroxyl groups is 1. The molecule has 0 spiro atoms. The lowest BCUT2D eigenvalue weighted by atomic mass is 9.58. The fraction of sp³-hybridized carbons (Fsp3) is 0.320. The molecule has 1 aromatic heterocycles. The number of carbonyl (C=O) groups excluding carboxylic acids is 3. The summed E-state index contributed by atoms with van der Waals surface area (Å²) in [5.41, 5.74) is 3.13. The summed E-state index contributed by atoms with van der Waals surface area (Å²) in [5.74, 6) is -6.54. The van der Waals surface area contributed by atoms with Gasteiger partial charge in [0.25, 0.3) is 5.91 Å². The number of aliphatic hydroxyl groups excluding tert-OH is 2. The molecule has 35 heavy (non-hydrogen) atoms. The number of benzene rings is 1. The lowest BCUT2D eigenvalue weighted by molar-refractivity contribution is -0.148. The number of Topliss-reactive ketones (excluding diaryl/α,β-unsaturated/α-hetero) is 2. The van der Waals surface area contributed by atoms with Crippen LogP contribution < -0.4 is 5.73 Å². The van der Waals surface area contributed by atoms with Crippen molar-refractivity contribution < 1.29 is 34.8 Å². The van der Waals surface area contributed by atoms with Crippen molar-refractivity contribution in [1.29, 1.82) is 0 Å². The van der Waals surface area contributed by atoms with E-state index in [-0.39, 0.29) is 29.7 Å². The summed E-state index contributed by atoms with van der Waals surface area (Å²) in [4.78, 5) is 41.4. The Balaban J connectivity index is 1.74. The van der Waals surface area contributed by atoms with Crippen molar-refractivity contribution in [3.05, 3.63) is 63.4 Å². The van der Waals surface area contributed by atoms with E-state index in [1.807, 2.05) is 17.5 Å². The summed E-state index contributed by atoms with van der Waals surface area (Å²) in [6.45, 7) is 0. The third kappa shape index (κ3) is 3.03. The second-order valence-electron chi connectivity index (χ2n) is 9.43. The molecule has 10 heteroatoms. The summed E-state index contributed by atoms with van der Waals surface area (Å²) in [6.07, 6.45) is 0.321. The normalized spacial score (nSPS) is 28.2. The number of phenolic OH excluding ortho intramolecular Hbond substituents is 1. The van der Waals surface area contributed by atoms with Crippen molar-refractivity contribution in [2.45, 2.75) is 24.5 Å². The number of phenols is 1. The lowest BCUT2D eigenvalue weighted by Gasteiger charge is -2.50. The molecule has 1 aromatic carbocycles. The molecule has 0 fully saturated rings. The number of allylic oxidation sites excluding steroid dienone is 1. The third-order valence-corrected chi connectivity index (χ3v) is 8.30. The van der Waals surface area contributed by atoms with Gasteiger partial charge < -0.3 is 26.2 Å². The number of thiophene rings is 1. The Labute approximate surface area is 204 Å². The maximum Gasteiger partial charge on any atom is 0.255 e. The molecule has 5 rings (SSSR count). The second-order valence-corrected chi connectivity index (χ2v) is 10.4. The molecule has 6 N–H and O–H groups in total. The van der Waals surface area contributed by atoms with Crippen molar-refractivity contribution in [1.82, 2.24) is 4.90 Å². The topological polar surface area (TPSA) is 161 Å². The number of rotatable bonds is 3. The van der Waals surface area contributed by atoms with Crippen LogP contribution in [0.5, 0.6) is 5.75 Å². The first kappa shape index (κ1) is 23.3. The Morgan fingerprint density at radius 3 is 2.49 bits per heavy atom. The highest BCUT2D eigenvalue weighted by Gasteiger charge is 2.63. The first-order valence-corrected chi connectivity index (χ1v) is 11.9. The van der Waals surface area contributed by atoms with E-state index in [1.165, 1.54) is 22.3 Å². The monoisotopic (exact) mass is 496 g/mol. The number of likely N-dealkylation sites (N-methyl/N-ethyl adjacent to an activating group) is 1. The number of nitrogens with two attached hydrogens (primary N) is 1. The third-order valence-electron chi connectivity index (χ3n) is 7.39. The highest BCUT2D eigenvalue weighted by Crippen LogP contribution is 2.53. The summed E-state index contributed by atoms with van der Waals surface area (Å²) in [7, 11) is 3.19. The van der Waals surface area contributed by atoms with Gasteiger partial charge in [-0.3, -0.25) is 19.3 Å². The van der Waals surface area contributed by atoms with Crippen molar-refractivity contribution in [3.8, 4) is 16.2 Å². The summed E-state index contributed by atoms with van der Waals surface area (Å²) in [5, 5.41) is 46.2. The predicted octanol–water partition coefficient (Wildman–Crippen LogP) is 1.85. The van der Waals surface area contributed by atoms with Gasteiger partial charge in [-0.2, -0.15) is 0 Å². The minimum Gasteiger partial charge on any atom is -0.510 e. The van der Waals surface area contributed by atoms with Crippen molar-refractivity contribution in [2.24, 2.45) is 17.6 Å². The van der Waals surface area contributed by atoms with Crippen LogP contribution in [0.1, 0.15) is 22.3 Å². The van der Waals surface area contributed by atoms with Crippen LogP contribution in [0.4, 0.5) is 0 Å². The van der Waals surface area contributed by atoms with Gasteiger partial charge in [0.05, 0.1) is 11.6 Å². The Hall–Kier alpha value is -3.47. The fourth-order valence-corrected chi connectivity index (χ4v) is 6.69. The molecule has 1 amide bonds. The van der Waals surface area contributed by atoms with Gasteiger partial charge >= 0.3 is 0 Å². The van der Waals surface area contributed by atoms with Crippen LogP contribution in [-0.2, 0) is 16.0 Å². The molecule has 3 aliphatic carbocycles. The second kappa shape index (κ2) is 7.77. The van der Waals surface area contributed by atoms with Crippen molar-refractivity contribution in [3.63, 3.8) is 0 Å². The SMILES string of the molecule is CN(C)[C@@H]1C(O)=C(C(N)=O)C(=O)[C@@]2(O)C(O)=C3C(=O)c4c(O)ccc(-c5cccs5)c4C[C@H]3C[C@@H]12. The minimum atomic E-state index is -2.63. The molecular weight excluding hydrogens is 472 g/mol. The molecule has 4 atom stereocenters. The van der Waals surface area contributed by atoms with E-state index in [4.69, 9.17) is 5.73 Å². The van der Waals surface area contributed by atoms with Gasteiger partial charge in [-0.15, -0.1) is 11.3 Å². The number of amides is 1. The largest absolute Gasteiger partial charge is 0.510 e. The molecule has 3 aliphatic rings. The Morgan fingerprint density at radius 2 is 1.89 bits per heavy atom. The van der Waals surface area contributed by atoms with Crippen LogP contribution in [0.2, 0.25) is 0 Å². The van der Waals surface area contributed by atoms with Gasteiger partial charge in [-0.05, 0) is 67.6 Å². The maximum absolute atomic E-state index is 13.7. The first-order chi connectivity index (χ1) is 16.5. The molecular formula is C25H24N2O7S. The number of hydrogen-bond acceptors (Lipinski definition) is 9. The molecule has 9 nitrogen and oxygen atoms in total. The molecule has 182 valence electrons. The van der Waals surface area contributed by atoms with Crippen LogP contribution in [-0.4, -0.2) is 68.5 Å². The first-order valence-electron chi connectivity index (χ1n) is 11.0. The number of carbonyl (C=O) groups is 3. The standard InChI is InChI=1S/C25H24N2O7S/c1-27(2)19-13-9-10-8-12-11(15-4-3-7-35-15)5-6-14(28)17(12)20(29)16(10)22(31)25(13,34)23(32)18(21(19)30)24(26)33/h3-7,10,13,19,28,30-31,34H,8-9H2,1-2H3,(H2,26,33)/t10-,13-,19-,25-/m0/s1.